The molecule has 14 heavy (non-hydrogen) atoms. The minimum absolute atomic E-state index is 0.954. The summed E-state index contributed by atoms with van der Waals surface area (Å²) in [6.45, 7) is 6.19. The predicted octanol–water partition coefficient (Wildman–Crippen LogP) is 2.76. The van der Waals surface area contributed by atoms with Crippen molar-refractivity contribution in [1.29, 1.82) is 0 Å². The van der Waals surface area contributed by atoms with E-state index in [2.05, 4.69) is 36.3 Å². The lowest BCUT2D eigenvalue weighted by Crippen LogP contribution is -2.12. The molecular weight excluding hydrogens is 192 g/mol. The molecule has 0 aliphatic heterocycles. The van der Waals surface area contributed by atoms with Crippen LogP contribution >= 0.6 is 11.3 Å². The van der Waals surface area contributed by atoms with Gasteiger partial charge in [0.15, 0.2) is 0 Å². The molecule has 3 heteroatoms. The minimum atomic E-state index is 0.954. The fourth-order valence-electron chi connectivity index (χ4n) is 1.16. The molecule has 1 N–H and O–H groups in total. The Morgan fingerprint density at radius 1 is 1.57 bits per heavy atom. The Bertz CT molecular complexity index is 279. The van der Waals surface area contributed by atoms with E-state index in [9.17, 15) is 0 Å². The molecule has 0 aliphatic rings. The van der Waals surface area contributed by atoms with Gasteiger partial charge in [-0.1, -0.05) is 19.1 Å². The summed E-state index contributed by atoms with van der Waals surface area (Å²) < 4.78 is 0. The van der Waals surface area contributed by atoms with Crippen molar-refractivity contribution in [2.75, 3.05) is 6.54 Å². The first kappa shape index (κ1) is 11.4. The van der Waals surface area contributed by atoms with Gasteiger partial charge in [0.05, 0.1) is 5.01 Å². The molecule has 1 aromatic rings. The molecule has 0 amide bonds. The smallest absolute Gasteiger partial charge is 0.0925 e. The fraction of sp³-hybridized carbons (Fsp3) is 0.545. The lowest BCUT2D eigenvalue weighted by atomic mass is 10.4. The van der Waals surface area contributed by atoms with E-state index < -0.39 is 0 Å². The zero-order valence-corrected chi connectivity index (χ0v) is 9.73. The summed E-state index contributed by atoms with van der Waals surface area (Å²) >= 11 is 1.81. The molecule has 0 aliphatic carbocycles. The van der Waals surface area contributed by atoms with Crippen LogP contribution in [0.1, 0.15) is 30.2 Å². The first-order valence-corrected chi connectivity index (χ1v) is 5.94. The van der Waals surface area contributed by atoms with Gasteiger partial charge in [0, 0.05) is 17.6 Å². The molecule has 0 bridgehead atoms. The highest BCUT2D eigenvalue weighted by molar-refractivity contribution is 7.11. The highest BCUT2D eigenvalue weighted by Gasteiger charge is 1.98. The molecule has 0 radical (unpaired) electrons. The van der Waals surface area contributed by atoms with Crippen molar-refractivity contribution in [3.8, 4) is 0 Å². The molecule has 0 saturated heterocycles. The topological polar surface area (TPSA) is 24.9 Å². The normalized spacial score (nSPS) is 11.3. The SMILES string of the molecule is C/C=C/CCNCc1cnc(CC)s1. The summed E-state index contributed by atoms with van der Waals surface area (Å²) in [5, 5.41) is 4.62. The third kappa shape index (κ3) is 4.03. The average molecular weight is 210 g/mol. The van der Waals surface area contributed by atoms with Crippen molar-refractivity contribution in [2.45, 2.75) is 33.2 Å². The number of thiazole rings is 1. The van der Waals surface area contributed by atoms with Gasteiger partial charge in [0.1, 0.15) is 0 Å². The zero-order chi connectivity index (χ0) is 10.2. The number of nitrogens with zero attached hydrogens (tertiary/aromatic N) is 1. The van der Waals surface area contributed by atoms with E-state index in [0.717, 1.165) is 25.9 Å². The quantitative estimate of drug-likeness (QED) is 0.577. The second-order valence-corrected chi connectivity index (χ2v) is 4.31. The predicted molar refractivity (Wildman–Crippen MR) is 62.6 cm³/mol. The first-order chi connectivity index (χ1) is 6.86. The third-order valence-electron chi connectivity index (χ3n) is 1.93. The van der Waals surface area contributed by atoms with E-state index in [4.69, 9.17) is 0 Å². The van der Waals surface area contributed by atoms with Crippen LogP contribution in [-0.4, -0.2) is 11.5 Å². The third-order valence-corrected chi connectivity index (χ3v) is 3.07. The number of allylic oxidation sites excluding steroid dienone is 1. The molecule has 0 atom stereocenters. The molecule has 0 unspecified atom stereocenters. The average Bonchev–Trinajstić information content (AvgIpc) is 2.65. The second-order valence-electron chi connectivity index (χ2n) is 3.11. The van der Waals surface area contributed by atoms with Crippen molar-refractivity contribution in [3.63, 3.8) is 0 Å². The van der Waals surface area contributed by atoms with Gasteiger partial charge in [-0.2, -0.15) is 0 Å². The van der Waals surface area contributed by atoms with Crippen LogP contribution in [0.5, 0.6) is 0 Å². The van der Waals surface area contributed by atoms with Gasteiger partial charge in [-0.25, -0.2) is 4.98 Å². The summed E-state index contributed by atoms with van der Waals surface area (Å²) in [5.74, 6) is 0. The van der Waals surface area contributed by atoms with Gasteiger partial charge in [0.25, 0.3) is 0 Å². The van der Waals surface area contributed by atoms with Crippen molar-refractivity contribution >= 4 is 11.3 Å². The molecule has 78 valence electrons. The Kier molecular flexibility index (Phi) is 5.49. The standard InChI is InChI=1S/C11H18N2S/c1-3-5-6-7-12-8-10-9-13-11(4-2)14-10/h3,5,9,12H,4,6-8H2,1-2H3/b5-3+. The highest BCUT2D eigenvalue weighted by atomic mass is 32.1. The summed E-state index contributed by atoms with van der Waals surface area (Å²) in [4.78, 5) is 5.65. The lowest BCUT2D eigenvalue weighted by Gasteiger charge is -1.98. The molecule has 2 nitrogen and oxygen atoms in total. The van der Waals surface area contributed by atoms with E-state index in [1.807, 2.05) is 6.20 Å². The first-order valence-electron chi connectivity index (χ1n) is 5.12. The zero-order valence-electron chi connectivity index (χ0n) is 8.92. The Morgan fingerprint density at radius 2 is 2.43 bits per heavy atom. The maximum atomic E-state index is 4.31. The lowest BCUT2D eigenvalue weighted by molar-refractivity contribution is 0.701. The second kappa shape index (κ2) is 6.74. The van der Waals surface area contributed by atoms with Crippen LogP contribution in [0.25, 0.3) is 0 Å². The fourth-order valence-corrected chi connectivity index (χ4v) is 1.99. The maximum absolute atomic E-state index is 4.31. The number of aryl methyl sites for hydroxylation is 1. The van der Waals surface area contributed by atoms with Crippen LogP contribution < -0.4 is 5.32 Å². The van der Waals surface area contributed by atoms with Crippen molar-refractivity contribution in [1.82, 2.24) is 10.3 Å². The Hall–Kier alpha value is -0.670. The van der Waals surface area contributed by atoms with E-state index in [1.54, 1.807) is 11.3 Å². The molecular formula is C11H18N2S. The number of hydrogen-bond donors (Lipinski definition) is 1. The van der Waals surface area contributed by atoms with Gasteiger partial charge in [-0.3, -0.25) is 0 Å². The van der Waals surface area contributed by atoms with E-state index in [-0.39, 0.29) is 0 Å². The Labute approximate surface area is 90.1 Å². The number of nitrogens with one attached hydrogen (secondary N) is 1. The van der Waals surface area contributed by atoms with Gasteiger partial charge < -0.3 is 5.32 Å². The van der Waals surface area contributed by atoms with Gasteiger partial charge in [-0.15, -0.1) is 11.3 Å². The van der Waals surface area contributed by atoms with Crippen LogP contribution in [0.4, 0.5) is 0 Å². The molecule has 0 saturated carbocycles. The molecule has 1 heterocycles. The van der Waals surface area contributed by atoms with Crippen LogP contribution in [0.2, 0.25) is 0 Å². The molecule has 0 fully saturated rings. The number of hydrogen-bond acceptors (Lipinski definition) is 3. The molecule has 1 aromatic heterocycles. The van der Waals surface area contributed by atoms with Gasteiger partial charge in [-0.05, 0) is 26.3 Å². The Balaban J connectivity index is 2.18. The molecule has 0 spiro atoms. The minimum Gasteiger partial charge on any atom is -0.311 e. The van der Waals surface area contributed by atoms with E-state index >= 15 is 0 Å². The summed E-state index contributed by atoms with van der Waals surface area (Å²) in [6, 6.07) is 0. The Morgan fingerprint density at radius 3 is 3.07 bits per heavy atom. The maximum Gasteiger partial charge on any atom is 0.0925 e. The number of rotatable bonds is 6. The summed E-state index contributed by atoms with van der Waals surface area (Å²) in [7, 11) is 0. The van der Waals surface area contributed by atoms with E-state index in [0.29, 0.717) is 0 Å². The van der Waals surface area contributed by atoms with Crippen LogP contribution in [0, 0.1) is 0 Å². The van der Waals surface area contributed by atoms with Crippen molar-refractivity contribution in [2.24, 2.45) is 0 Å². The van der Waals surface area contributed by atoms with Gasteiger partial charge in [0.2, 0.25) is 0 Å². The van der Waals surface area contributed by atoms with Crippen molar-refractivity contribution < 1.29 is 0 Å². The van der Waals surface area contributed by atoms with E-state index in [1.165, 1.54) is 9.88 Å². The summed E-state index contributed by atoms with van der Waals surface area (Å²) in [5.41, 5.74) is 0. The molecule has 0 aromatic carbocycles. The van der Waals surface area contributed by atoms with Crippen LogP contribution in [0.3, 0.4) is 0 Å². The van der Waals surface area contributed by atoms with Crippen LogP contribution in [-0.2, 0) is 13.0 Å². The molecule has 1 rings (SSSR count). The number of aromatic nitrogens is 1. The largest absolute Gasteiger partial charge is 0.311 e. The highest BCUT2D eigenvalue weighted by Crippen LogP contribution is 2.12. The van der Waals surface area contributed by atoms with Crippen LogP contribution in [0.15, 0.2) is 18.3 Å². The summed E-state index contributed by atoms with van der Waals surface area (Å²) in [6.07, 6.45) is 8.39. The monoisotopic (exact) mass is 210 g/mol. The van der Waals surface area contributed by atoms with Gasteiger partial charge >= 0.3 is 0 Å². The van der Waals surface area contributed by atoms with Crippen molar-refractivity contribution in [3.05, 3.63) is 28.2 Å².